The molecule has 142 valence electrons. The summed E-state index contributed by atoms with van der Waals surface area (Å²) < 4.78 is 7.85. The average Bonchev–Trinajstić information content (AvgIpc) is 3.17. The van der Waals surface area contributed by atoms with Crippen LogP contribution in [0, 0.1) is 0 Å². The summed E-state index contributed by atoms with van der Waals surface area (Å²) in [5.74, 6) is 2.53. The average molecular weight is 366 g/mol. The van der Waals surface area contributed by atoms with E-state index >= 15 is 0 Å². The van der Waals surface area contributed by atoms with Crippen LogP contribution < -0.4 is 15.4 Å². The van der Waals surface area contributed by atoms with Gasteiger partial charge >= 0.3 is 0 Å². The number of rotatable bonds is 8. The lowest BCUT2D eigenvalue weighted by Gasteiger charge is -2.12. The maximum absolute atomic E-state index is 5.86. The number of guanidine groups is 1. The lowest BCUT2D eigenvalue weighted by molar-refractivity contribution is 0.311. The van der Waals surface area contributed by atoms with Gasteiger partial charge in [0, 0.05) is 20.1 Å². The van der Waals surface area contributed by atoms with Crippen LogP contribution in [0.4, 0.5) is 0 Å². The monoisotopic (exact) mass is 366 g/mol. The molecule has 0 saturated carbocycles. The summed E-state index contributed by atoms with van der Waals surface area (Å²) in [6.07, 6.45) is 2.61. The van der Waals surface area contributed by atoms with Crippen molar-refractivity contribution in [3.63, 3.8) is 0 Å². The van der Waals surface area contributed by atoms with E-state index in [1.807, 2.05) is 22.8 Å². The second kappa shape index (κ2) is 9.56. The maximum atomic E-state index is 5.86. The normalized spacial score (nSPS) is 11.6. The molecule has 0 bridgehead atoms. The zero-order valence-electron chi connectivity index (χ0n) is 15.9. The van der Waals surface area contributed by atoms with Crippen LogP contribution in [0.3, 0.4) is 0 Å². The van der Waals surface area contributed by atoms with Gasteiger partial charge in [0.1, 0.15) is 12.1 Å². The van der Waals surface area contributed by atoms with E-state index < -0.39 is 0 Å². The number of aliphatic imine (C=N–C) groups is 1. The minimum atomic E-state index is 0.584. The molecule has 0 spiro atoms. The zero-order chi connectivity index (χ0) is 18.9. The predicted molar refractivity (Wildman–Crippen MR) is 108 cm³/mol. The van der Waals surface area contributed by atoms with Crippen LogP contribution in [0.25, 0.3) is 10.8 Å². The van der Waals surface area contributed by atoms with Crippen molar-refractivity contribution in [3.05, 3.63) is 54.6 Å². The van der Waals surface area contributed by atoms with Gasteiger partial charge in [-0.1, -0.05) is 30.3 Å². The molecule has 0 saturated heterocycles. The highest BCUT2D eigenvalue weighted by molar-refractivity contribution is 5.83. The Hall–Kier alpha value is -3.09. The van der Waals surface area contributed by atoms with Crippen molar-refractivity contribution in [3.8, 4) is 5.75 Å². The summed E-state index contributed by atoms with van der Waals surface area (Å²) >= 11 is 0. The summed E-state index contributed by atoms with van der Waals surface area (Å²) in [4.78, 5) is 4.23. The van der Waals surface area contributed by atoms with Gasteiger partial charge in [0.05, 0.1) is 13.2 Å². The van der Waals surface area contributed by atoms with Crippen LogP contribution in [-0.4, -0.2) is 40.9 Å². The van der Waals surface area contributed by atoms with Gasteiger partial charge in [0.25, 0.3) is 0 Å². The van der Waals surface area contributed by atoms with Gasteiger partial charge in [-0.25, -0.2) is 0 Å². The third-order valence-corrected chi connectivity index (χ3v) is 4.28. The Morgan fingerprint density at radius 3 is 2.81 bits per heavy atom. The van der Waals surface area contributed by atoms with Crippen molar-refractivity contribution in [2.45, 2.75) is 26.4 Å². The van der Waals surface area contributed by atoms with Crippen molar-refractivity contribution in [1.82, 2.24) is 25.4 Å². The molecule has 1 heterocycles. The van der Waals surface area contributed by atoms with Gasteiger partial charge in [-0.05, 0) is 36.2 Å². The van der Waals surface area contributed by atoms with Gasteiger partial charge in [-0.2, -0.15) is 0 Å². The first-order valence-corrected chi connectivity index (χ1v) is 9.23. The van der Waals surface area contributed by atoms with Gasteiger partial charge in [0.15, 0.2) is 11.8 Å². The summed E-state index contributed by atoms with van der Waals surface area (Å²) in [7, 11) is 1.76. The second-order valence-corrected chi connectivity index (χ2v) is 6.10. The van der Waals surface area contributed by atoms with Crippen molar-refractivity contribution in [2.75, 3.05) is 20.2 Å². The highest BCUT2D eigenvalue weighted by Crippen LogP contribution is 2.20. The molecular formula is C20H26N6O. The number of hydrogen-bond donors (Lipinski definition) is 2. The highest BCUT2D eigenvalue weighted by atomic mass is 16.5. The largest absolute Gasteiger partial charge is 0.494 e. The number of benzene rings is 2. The predicted octanol–water partition coefficient (Wildman–Crippen LogP) is 2.59. The number of ether oxygens (including phenoxy) is 1. The first-order chi connectivity index (χ1) is 13.3. The molecule has 2 N–H and O–H groups in total. The number of aryl methyl sites for hydroxylation is 1. The maximum Gasteiger partial charge on any atom is 0.191 e. The molecule has 7 nitrogen and oxygen atoms in total. The molecule has 0 fully saturated rings. The fourth-order valence-electron chi connectivity index (χ4n) is 2.79. The van der Waals surface area contributed by atoms with E-state index in [1.54, 1.807) is 13.4 Å². The number of nitrogens with zero attached hydrogens (tertiary/aromatic N) is 4. The number of nitrogens with one attached hydrogen (secondary N) is 2. The molecule has 0 atom stereocenters. The molecule has 3 aromatic rings. The second-order valence-electron chi connectivity index (χ2n) is 6.10. The van der Waals surface area contributed by atoms with Crippen molar-refractivity contribution in [1.29, 1.82) is 0 Å². The van der Waals surface area contributed by atoms with Crippen LogP contribution >= 0.6 is 0 Å². The van der Waals surface area contributed by atoms with E-state index in [4.69, 9.17) is 4.74 Å². The summed E-state index contributed by atoms with van der Waals surface area (Å²) in [5.41, 5.74) is 0. The number of hydrogen-bond acceptors (Lipinski definition) is 4. The Bertz CT molecular complexity index is 889. The van der Waals surface area contributed by atoms with Gasteiger partial charge in [-0.15, -0.1) is 10.2 Å². The lowest BCUT2D eigenvalue weighted by atomic mass is 10.1. The molecular weight excluding hydrogens is 340 g/mol. The lowest BCUT2D eigenvalue weighted by Crippen LogP contribution is -2.38. The van der Waals surface area contributed by atoms with E-state index in [0.29, 0.717) is 13.2 Å². The molecule has 0 radical (unpaired) electrons. The van der Waals surface area contributed by atoms with E-state index in [9.17, 15) is 0 Å². The van der Waals surface area contributed by atoms with E-state index in [2.05, 4.69) is 57.0 Å². The molecule has 0 aliphatic heterocycles. The van der Waals surface area contributed by atoms with E-state index in [-0.39, 0.29) is 0 Å². The van der Waals surface area contributed by atoms with E-state index in [0.717, 1.165) is 37.0 Å². The van der Waals surface area contributed by atoms with Gasteiger partial charge < -0.3 is 19.9 Å². The Morgan fingerprint density at radius 1 is 1.15 bits per heavy atom. The third-order valence-electron chi connectivity index (χ3n) is 4.28. The Labute approximate surface area is 159 Å². The first kappa shape index (κ1) is 18.7. The molecule has 0 unspecified atom stereocenters. The molecule has 1 aromatic heterocycles. The fourth-order valence-corrected chi connectivity index (χ4v) is 2.79. The van der Waals surface area contributed by atoms with Gasteiger partial charge in [-0.3, -0.25) is 4.99 Å². The van der Waals surface area contributed by atoms with Crippen LogP contribution in [0.15, 0.2) is 53.8 Å². The summed E-state index contributed by atoms with van der Waals surface area (Å²) in [6, 6.07) is 14.5. The first-order valence-electron chi connectivity index (χ1n) is 9.23. The smallest absolute Gasteiger partial charge is 0.191 e. The Kier molecular flexibility index (Phi) is 6.62. The van der Waals surface area contributed by atoms with Crippen LogP contribution in [0.1, 0.15) is 19.2 Å². The van der Waals surface area contributed by atoms with Gasteiger partial charge in [0.2, 0.25) is 0 Å². The number of aromatic nitrogens is 3. The van der Waals surface area contributed by atoms with E-state index in [1.165, 1.54) is 10.8 Å². The summed E-state index contributed by atoms with van der Waals surface area (Å²) in [6.45, 7) is 4.92. The minimum Gasteiger partial charge on any atom is -0.494 e. The SMILES string of the molecule is CCn1cnnc1CNC(=NC)NCCCOc1ccc2ccccc2c1. The highest BCUT2D eigenvalue weighted by Gasteiger charge is 2.04. The minimum absolute atomic E-state index is 0.584. The molecule has 3 rings (SSSR count). The third kappa shape index (κ3) is 5.20. The molecule has 0 aliphatic carbocycles. The molecule has 7 heteroatoms. The van der Waals surface area contributed by atoms with Crippen molar-refractivity contribution < 1.29 is 4.74 Å². The topological polar surface area (TPSA) is 76.4 Å². The fraction of sp³-hybridized carbons (Fsp3) is 0.350. The summed E-state index contributed by atoms with van der Waals surface area (Å²) in [5, 5.41) is 17.0. The quantitative estimate of drug-likeness (QED) is 0.364. The molecule has 0 aliphatic rings. The van der Waals surface area contributed by atoms with Crippen LogP contribution in [0.5, 0.6) is 5.75 Å². The Morgan fingerprint density at radius 2 is 2.00 bits per heavy atom. The van der Waals surface area contributed by atoms with Crippen molar-refractivity contribution >= 4 is 16.7 Å². The zero-order valence-corrected chi connectivity index (χ0v) is 15.9. The standard InChI is InChI=1S/C20H26N6O/c1-3-26-15-24-25-19(26)14-23-20(21-2)22-11-6-12-27-18-10-9-16-7-4-5-8-17(16)13-18/h4-5,7-10,13,15H,3,6,11-12,14H2,1-2H3,(H2,21,22,23). The van der Waals surface area contributed by atoms with Crippen molar-refractivity contribution in [2.24, 2.45) is 4.99 Å². The molecule has 2 aromatic carbocycles. The van der Waals surface area contributed by atoms with Crippen LogP contribution in [0.2, 0.25) is 0 Å². The molecule has 27 heavy (non-hydrogen) atoms. The Balaban J connectivity index is 1.38. The number of fused-ring (bicyclic) bond motifs is 1. The van der Waals surface area contributed by atoms with Crippen LogP contribution in [-0.2, 0) is 13.1 Å². The molecule has 0 amide bonds.